The molecule has 0 aliphatic heterocycles. The van der Waals surface area contributed by atoms with Crippen LogP contribution in [0.1, 0.15) is 32.6 Å². The predicted octanol–water partition coefficient (Wildman–Crippen LogP) is 3.48. The number of aromatic hydroxyl groups is 1. The highest BCUT2D eigenvalue weighted by Gasteiger charge is 2.17. The Kier molecular flexibility index (Phi) is 5.62. The van der Waals surface area contributed by atoms with Gasteiger partial charge in [0.1, 0.15) is 5.69 Å². The molecule has 6 heteroatoms. The highest BCUT2D eigenvalue weighted by atomic mass is 16.5. The molecule has 6 nitrogen and oxygen atoms in total. The Morgan fingerprint density at radius 3 is 2.70 bits per heavy atom. The fourth-order valence-corrected chi connectivity index (χ4v) is 2.42. The zero-order valence-electron chi connectivity index (χ0n) is 13.7. The van der Waals surface area contributed by atoms with Gasteiger partial charge in [-0.3, -0.25) is 9.78 Å². The molecule has 0 saturated heterocycles. The minimum atomic E-state index is -0.142. The topological polar surface area (TPSA) is 80.7 Å². The van der Waals surface area contributed by atoms with Crippen LogP contribution in [0.25, 0.3) is 10.9 Å². The number of carbonyl (C=O) groups excluding carboxylic acids is 1. The number of ether oxygens (including phenoxy) is 2. The van der Waals surface area contributed by atoms with Crippen molar-refractivity contribution in [1.82, 2.24) is 4.98 Å². The maximum atomic E-state index is 11.9. The number of anilines is 1. The second-order valence-electron chi connectivity index (χ2n) is 5.22. The van der Waals surface area contributed by atoms with Crippen LogP contribution in [-0.2, 0) is 4.79 Å². The van der Waals surface area contributed by atoms with Crippen molar-refractivity contribution in [3.05, 3.63) is 18.3 Å². The molecule has 0 radical (unpaired) electrons. The van der Waals surface area contributed by atoms with Crippen molar-refractivity contribution in [2.75, 3.05) is 19.5 Å². The Morgan fingerprint density at radius 2 is 2.04 bits per heavy atom. The lowest BCUT2D eigenvalue weighted by Gasteiger charge is -2.14. The summed E-state index contributed by atoms with van der Waals surface area (Å²) in [5.41, 5.74) is 0.828. The number of aromatic nitrogens is 1. The molecule has 0 atom stereocenters. The van der Waals surface area contributed by atoms with Gasteiger partial charge in [0.2, 0.25) is 5.91 Å². The van der Waals surface area contributed by atoms with Crippen LogP contribution in [0.5, 0.6) is 17.2 Å². The molecule has 124 valence electrons. The number of fused-ring (bicyclic) bond motifs is 1. The first-order valence-corrected chi connectivity index (χ1v) is 7.64. The van der Waals surface area contributed by atoms with Crippen molar-refractivity contribution in [3.8, 4) is 17.2 Å². The van der Waals surface area contributed by atoms with Crippen LogP contribution in [0, 0.1) is 0 Å². The number of pyridine rings is 1. The fourth-order valence-electron chi connectivity index (χ4n) is 2.42. The van der Waals surface area contributed by atoms with Gasteiger partial charge in [-0.05, 0) is 18.6 Å². The van der Waals surface area contributed by atoms with Gasteiger partial charge >= 0.3 is 0 Å². The summed E-state index contributed by atoms with van der Waals surface area (Å²) < 4.78 is 10.6. The molecule has 1 aromatic carbocycles. The van der Waals surface area contributed by atoms with Crippen LogP contribution in [0.15, 0.2) is 18.3 Å². The van der Waals surface area contributed by atoms with E-state index in [2.05, 4.69) is 17.2 Å². The molecule has 0 saturated carbocycles. The van der Waals surface area contributed by atoms with Crippen molar-refractivity contribution < 1.29 is 19.4 Å². The molecule has 1 amide bonds. The highest BCUT2D eigenvalue weighted by molar-refractivity contribution is 6.00. The second kappa shape index (κ2) is 7.67. The molecule has 23 heavy (non-hydrogen) atoms. The van der Waals surface area contributed by atoms with Crippen LogP contribution in [-0.4, -0.2) is 30.2 Å². The predicted molar refractivity (Wildman–Crippen MR) is 89.3 cm³/mol. The van der Waals surface area contributed by atoms with Gasteiger partial charge in [-0.25, -0.2) is 0 Å². The second-order valence-corrected chi connectivity index (χ2v) is 5.22. The van der Waals surface area contributed by atoms with E-state index in [1.165, 1.54) is 20.4 Å². The maximum Gasteiger partial charge on any atom is 0.224 e. The molecule has 0 spiro atoms. The average molecular weight is 318 g/mol. The number of hydrogen-bond donors (Lipinski definition) is 2. The quantitative estimate of drug-likeness (QED) is 0.764. The summed E-state index contributed by atoms with van der Waals surface area (Å²) in [6, 6.07) is 3.44. The van der Waals surface area contributed by atoms with E-state index in [-0.39, 0.29) is 17.3 Å². The molecule has 2 aromatic rings. The minimum absolute atomic E-state index is 0.0745. The molecule has 0 aliphatic carbocycles. The lowest BCUT2D eigenvalue weighted by Crippen LogP contribution is -2.11. The average Bonchev–Trinajstić information content (AvgIpc) is 2.56. The van der Waals surface area contributed by atoms with E-state index in [9.17, 15) is 9.90 Å². The molecule has 0 unspecified atom stereocenters. The molecule has 2 rings (SSSR count). The number of rotatable bonds is 7. The molecular formula is C17H22N2O4. The molecule has 0 aliphatic rings. The third-order valence-corrected chi connectivity index (χ3v) is 3.63. The summed E-state index contributed by atoms with van der Waals surface area (Å²) in [7, 11) is 3.01. The van der Waals surface area contributed by atoms with Crippen molar-refractivity contribution >= 4 is 22.5 Å². The van der Waals surface area contributed by atoms with Gasteiger partial charge in [0.25, 0.3) is 0 Å². The van der Waals surface area contributed by atoms with E-state index in [4.69, 9.17) is 9.47 Å². The number of methoxy groups -OCH3 is 2. The van der Waals surface area contributed by atoms with Crippen LogP contribution in [0.2, 0.25) is 0 Å². The monoisotopic (exact) mass is 318 g/mol. The van der Waals surface area contributed by atoms with Gasteiger partial charge in [-0.15, -0.1) is 0 Å². The summed E-state index contributed by atoms with van der Waals surface area (Å²) in [5, 5.41) is 13.6. The third kappa shape index (κ3) is 3.64. The van der Waals surface area contributed by atoms with Crippen LogP contribution < -0.4 is 14.8 Å². The van der Waals surface area contributed by atoms with Crippen molar-refractivity contribution in [2.24, 2.45) is 0 Å². The first kappa shape index (κ1) is 16.9. The van der Waals surface area contributed by atoms with Gasteiger partial charge in [0, 0.05) is 6.42 Å². The minimum Gasteiger partial charge on any atom is -0.505 e. The largest absolute Gasteiger partial charge is 0.505 e. The van der Waals surface area contributed by atoms with Gasteiger partial charge in [-0.2, -0.15) is 0 Å². The molecule has 0 bridgehead atoms. The standard InChI is InChI=1S/C17H22N2O4/c1-4-5-6-7-14(20)19-12-10-18-11-8-9-13(22-2)17(23-3)15(11)16(12)21/h8-10H,4-7H2,1-3H3,(H,18,21)(H,19,20). The summed E-state index contributed by atoms with van der Waals surface area (Å²) in [4.78, 5) is 16.2. The molecular weight excluding hydrogens is 296 g/mol. The van der Waals surface area contributed by atoms with E-state index in [0.717, 1.165) is 19.3 Å². The maximum absolute atomic E-state index is 11.9. The van der Waals surface area contributed by atoms with Gasteiger partial charge in [0.15, 0.2) is 17.2 Å². The summed E-state index contributed by atoms with van der Waals surface area (Å²) >= 11 is 0. The van der Waals surface area contributed by atoms with E-state index in [1.54, 1.807) is 12.1 Å². The Labute approximate surface area is 135 Å². The summed E-state index contributed by atoms with van der Waals surface area (Å²) in [6.45, 7) is 2.08. The van der Waals surface area contributed by atoms with E-state index in [0.29, 0.717) is 28.8 Å². The van der Waals surface area contributed by atoms with E-state index in [1.807, 2.05) is 0 Å². The Balaban J connectivity index is 2.35. The molecule has 2 N–H and O–H groups in total. The number of nitrogens with zero attached hydrogens (tertiary/aromatic N) is 1. The molecule has 1 heterocycles. The van der Waals surface area contributed by atoms with Gasteiger partial charge in [0.05, 0.1) is 31.3 Å². The van der Waals surface area contributed by atoms with Gasteiger partial charge in [-0.1, -0.05) is 19.8 Å². The Hall–Kier alpha value is -2.50. The third-order valence-electron chi connectivity index (χ3n) is 3.63. The lowest BCUT2D eigenvalue weighted by molar-refractivity contribution is -0.116. The normalized spacial score (nSPS) is 10.6. The number of carbonyl (C=O) groups is 1. The SMILES string of the molecule is CCCCCC(=O)Nc1cnc2ccc(OC)c(OC)c2c1O. The zero-order chi connectivity index (χ0) is 16.8. The fraction of sp³-hybridized carbons (Fsp3) is 0.412. The smallest absolute Gasteiger partial charge is 0.224 e. The summed E-state index contributed by atoms with van der Waals surface area (Å²) in [5.74, 6) is 0.659. The van der Waals surface area contributed by atoms with Crippen LogP contribution in [0.3, 0.4) is 0 Å². The number of hydrogen-bond acceptors (Lipinski definition) is 5. The summed E-state index contributed by atoms with van der Waals surface area (Å²) in [6.07, 6.45) is 4.73. The van der Waals surface area contributed by atoms with E-state index < -0.39 is 0 Å². The number of benzene rings is 1. The Bertz CT molecular complexity index is 701. The van der Waals surface area contributed by atoms with Crippen molar-refractivity contribution in [2.45, 2.75) is 32.6 Å². The number of nitrogens with one attached hydrogen (secondary N) is 1. The Morgan fingerprint density at radius 1 is 1.26 bits per heavy atom. The molecule has 1 aromatic heterocycles. The molecule has 0 fully saturated rings. The highest BCUT2D eigenvalue weighted by Crippen LogP contribution is 2.42. The lowest BCUT2D eigenvalue weighted by atomic mass is 10.1. The number of amides is 1. The van der Waals surface area contributed by atoms with Gasteiger partial charge < -0.3 is 19.9 Å². The van der Waals surface area contributed by atoms with Crippen molar-refractivity contribution in [1.29, 1.82) is 0 Å². The first-order chi connectivity index (χ1) is 11.1. The van der Waals surface area contributed by atoms with Crippen LogP contribution in [0.4, 0.5) is 5.69 Å². The first-order valence-electron chi connectivity index (χ1n) is 7.64. The number of unbranched alkanes of at least 4 members (excludes halogenated alkanes) is 2. The zero-order valence-corrected chi connectivity index (χ0v) is 13.7. The van der Waals surface area contributed by atoms with E-state index >= 15 is 0 Å². The van der Waals surface area contributed by atoms with Crippen molar-refractivity contribution in [3.63, 3.8) is 0 Å². The van der Waals surface area contributed by atoms with Crippen LogP contribution >= 0.6 is 0 Å².